The molecule has 0 atom stereocenters. The van der Waals surface area contributed by atoms with Gasteiger partial charge in [0.25, 0.3) is 0 Å². The molecule has 0 N–H and O–H groups in total. The number of carbonyl (C=O) groups excluding carboxylic acids is 1. The second-order valence-electron chi connectivity index (χ2n) is 1.21. The highest BCUT2D eigenvalue weighted by Crippen LogP contribution is 2.28. The van der Waals surface area contributed by atoms with E-state index in [0.29, 0.717) is 6.42 Å². The van der Waals surface area contributed by atoms with Gasteiger partial charge in [-0.2, -0.15) is 0 Å². The van der Waals surface area contributed by atoms with Crippen LogP contribution in [0.4, 0.5) is 0 Å². The van der Waals surface area contributed by atoms with Crippen molar-refractivity contribution < 1.29 is 9.53 Å². The van der Waals surface area contributed by atoms with E-state index in [1.54, 1.807) is 18.8 Å². The van der Waals surface area contributed by atoms with Gasteiger partial charge in [-0.3, -0.25) is 4.79 Å². The van der Waals surface area contributed by atoms with Gasteiger partial charge in [-0.15, -0.1) is 0 Å². The predicted molar refractivity (Wildman–Crippen MR) is 50.7 cm³/mol. The highest BCUT2D eigenvalue weighted by molar-refractivity contribution is 14.2. The standard InChI is InChI=1S/C4H7IO2S2/c1-7-4(6)2-3-8-9-5/h2-3H2,1H3. The Morgan fingerprint density at radius 1 is 1.78 bits per heavy atom. The Kier molecular flexibility index (Phi) is 7.71. The normalized spacial score (nSPS) is 9.11. The monoisotopic (exact) mass is 278 g/mol. The van der Waals surface area contributed by atoms with E-state index >= 15 is 0 Å². The molecule has 0 radical (unpaired) electrons. The van der Waals surface area contributed by atoms with Crippen molar-refractivity contribution in [1.82, 2.24) is 0 Å². The summed E-state index contributed by atoms with van der Waals surface area (Å²) in [4.78, 5) is 10.4. The molecule has 54 valence electrons. The number of methoxy groups -OCH3 is 1. The van der Waals surface area contributed by atoms with Gasteiger partial charge in [0.2, 0.25) is 0 Å². The summed E-state index contributed by atoms with van der Waals surface area (Å²) in [5.41, 5.74) is 0. The van der Waals surface area contributed by atoms with Crippen molar-refractivity contribution in [3.05, 3.63) is 0 Å². The molecule has 2 nitrogen and oxygen atoms in total. The van der Waals surface area contributed by atoms with E-state index in [2.05, 4.69) is 25.9 Å². The summed E-state index contributed by atoms with van der Waals surface area (Å²) < 4.78 is 4.43. The van der Waals surface area contributed by atoms with Gasteiger partial charge < -0.3 is 4.74 Å². The molecule has 0 spiro atoms. The quantitative estimate of drug-likeness (QED) is 0.341. The van der Waals surface area contributed by atoms with Crippen LogP contribution in [0.5, 0.6) is 0 Å². The van der Waals surface area contributed by atoms with Crippen molar-refractivity contribution in [2.75, 3.05) is 12.9 Å². The van der Waals surface area contributed by atoms with Crippen molar-refractivity contribution in [3.63, 3.8) is 0 Å². The highest BCUT2D eigenvalue weighted by Gasteiger charge is 1.97. The van der Waals surface area contributed by atoms with Gasteiger partial charge >= 0.3 is 5.97 Å². The summed E-state index contributed by atoms with van der Waals surface area (Å²) in [5, 5.41) is 0. The summed E-state index contributed by atoms with van der Waals surface area (Å²) in [5.74, 6) is 0.702. The van der Waals surface area contributed by atoms with Crippen LogP contribution in [-0.2, 0) is 9.53 Å². The molecule has 0 aromatic rings. The van der Waals surface area contributed by atoms with Gasteiger partial charge in [-0.25, -0.2) is 0 Å². The van der Waals surface area contributed by atoms with Gasteiger partial charge in [-0.05, 0) is 7.97 Å². The summed E-state index contributed by atoms with van der Waals surface area (Å²) >= 11 is 2.17. The Balaban J connectivity index is 2.97. The van der Waals surface area contributed by atoms with E-state index in [4.69, 9.17) is 0 Å². The molecule has 0 fully saturated rings. The lowest BCUT2D eigenvalue weighted by Crippen LogP contribution is -2.00. The van der Waals surface area contributed by atoms with Gasteiger partial charge in [0.15, 0.2) is 0 Å². The maximum Gasteiger partial charge on any atom is 0.306 e. The van der Waals surface area contributed by atoms with Crippen LogP contribution in [0.3, 0.4) is 0 Å². The lowest BCUT2D eigenvalue weighted by Gasteiger charge is -1.94. The average molecular weight is 278 g/mol. The Morgan fingerprint density at radius 3 is 2.89 bits per heavy atom. The van der Waals surface area contributed by atoms with Crippen LogP contribution in [0, 0.1) is 0 Å². The maximum atomic E-state index is 10.4. The summed E-state index contributed by atoms with van der Waals surface area (Å²) in [6.45, 7) is 0. The third-order valence-corrected chi connectivity index (χ3v) is 4.18. The molecule has 0 aliphatic rings. The Hall–Kier alpha value is 0.900. The lowest BCUT2D eigenvalue weighted by molar-refractivity contribution is -0.140. The first-order valence-corrected chi connectivity index (χ1v) is 7.14. The second kappa shape index (κ2) is 7.01. The fourth-order valence-electron chi connectivity index (χ4n) is 0.259. The fraction of sp³-hybridized carbons (Fsp3) is 0.750. The molecular formula is C4H7IO2S2. The molecule has 0 saturated heterocycles. The van der Waals surface area contributed by atoms with Crippen LogP contribution >= 0.6 is 40.0 Å². The van der Waals surface area contributed by atoms with E-state index in [1.807, 2.05) is 0 Å². The third-order valence-electron chi connectivity index (χ3n) is 0.662. The molecule has 0 amide bonds. The van der Waals surface area contributed by atoms with E-state index in [9.17, 15) is 4.79 Å². The zero-order chi connectivity index (χ0) is 7.11. The Morgan fingerprint density at radius 2 is 2.44 bits per heavy atom. The molecule has 0 unspecified atom stereocenters. The number of carbonyl (C=O) groups is 1. The van der Waals surface area contributed by atoms with Crippen LogP contribution in [0.1, 0.15) is 6.42 Å². The zero-order valence-corrected chi connectivity index (χ0v) is 8.72. The largest absolute Gasteiger partial charge is 0.469 e. The third kappa shape index (κ3) is 6.79. The van der Waals surface area contributed by atoms with E-state index in [0.717, 1.165) is 5.75 Å². The molecule has 9 heavy (non-hydrogen) atoms. The number of esters is 1. The maximum absolute atomic E-state index is 10.4. The predicted octanol–water partition coefficient (Wildman–Crippen LogP) is 2.28. The first kappa shape index (κ1) is 9.90. The Labute approximate surface area is 74.5 Å². The lowest BCUT2D eigenvalue weighted by atomic mass is 10.5. The van der Waals surface area contributed by atoms with Crippen molar-refractivity contribution >= 4 is 45.9 Å². The topological polar surface area (TPSA) is 26.3 Å². The highest BCUT2D eigenvalue weighted by atomic mass is 127. The van der Waals surface area contributed by atoms with Gasteiger partial charge in [0.05, 0.1) is 13.5 Å². The number of rotatable bonds is 4. The number of ether oxygens (including phenoxy) is 1. The number of halogens is 1. The first-order chi connectivity index (χ1) is 4.31. The van der Waals surface area contributed by atoms with Crippen molar-refractivity contribution in [3.8, 4) is 0 Å². The Bertz CT molecular complexity index is 88.6. The van der Waals surface area contributed by atoms with E-state index in [1.165, 1.54) is 7.11 Å². The molecule has 0 rings (SSSR count). The molecule has 5 heteroatoms. The van der Waals surface area contributed by atoms with E-state index in [-0.39, 0.29) is 5.97 Å². The zero-order valence-electron chi connectivity index (χ0n) is 4.93. The number of hydrogen-bond acceptors (Lipinski definition) is 4. The number of hydrogen-bond donors (Lipinski definition) is 0. The van der Waals surface area contributed by atoms with Crippen LogP contribution in [0.2, 0.25) is 0 Å². The molecule has 0 bridgehead atoms. The molecule has 0 aliphatic carbocycles. The second-order valence-corrected chi connectivity index (χ2v) is 6.30. The minimum atomic E-state index is -0.132. The van der Waals surface area contributed by atoms with Crippen LogP contribution in [0.15, 0.2) is 0 Å². The smallest absolute Gasteiger partial charge is 0.306 e. The van der Waals surface area contributed by atoms with Crippen molar-refractivity contribution in [1.29, 1.82) is 0 Å². The van der Waals surface area contributed by atoms with Crippen molar-refractivity contribution in [2.45, 2.75) is 6.42 Å². The average Bonchev–Trinajstić information content (AvgIpc) is 1.89. The molecule has 0 aromatic carbocycles. The fourth-order valence-corrected chi connectivity index (χ4v) is 2.63. The molecule has 0 aliphatic heterocycles. The van der Waals surface area contributed by atoms with Gasteiger partial charge in [-0.1, -0.05) is 10.8 Å². The van der Waals surface area contributed by atoms with Crippen LogP contribution in [0.25, 0.3) is 0 Å². The molecule has 0 heterocycles. The van der Waals surface area contributed by atoms with Crippen LogP contribution in [-0.4, -0.2) is 18.8 Å². The van der Waals surface area contributed by atoms with Crippen LogP contribution < -0.4 is 0 Å². The molecule has 0 saturated carbocycles. The minimum absolute atomic E-state index is 0.132. The van der Waals surface area contributed by atoms with Gasteiger partial charge in [0, 0.05) is 27.0 Å². The van der Waals surface area contributed by atoms with Crippen molar-refractivity contribution in [2.24, 2.45) is 0 Å². The SMILES string of the molecule is COC(=O)CCSSI. The molecule has 0 aromatic heterocycles. The minimum Gasteiger partial charge on any atom is -0.469 e. The molecular weight excluding hydrogens is 271 g/mol. The summed E-state index contributed by atoms with van der Waals surface area (Å²) in [6, 6.07) is 0. The summed E-state index contributed by atoms with van der Waals surface area (Å²) in [6.07, 6.45) is 0.511. The summed E-state index contributed by atoms with van der Waals surface area (Å²) in [7, 11) is 4.69. The van der Waals surface area contributed by atoms with Gasteiger partial charge in [0.1, 0.15) is 0 Å². The van der Waals surface area contributed by atoms with E-state index < -0.39 is 0 Å². The first-order valence-electron chi connectivity index (χ1n) is 2.28.